The van der Waals surface area contributed by atoms with Crippen molar-refractivity contribution in [1.29, 1.82) is 0 Å². The number of rotatable bonds is 2. The standard InChI is InChI=1S/C8H9FN2O2/c1-5(12)11-7-2-6(3-9)4-10-8(7)13/h2,4H,3H2,1H3,(H,10,13)(H,11,12). The Labute approximate surface area is 74.4 Å². The van der Waals surface area contributed by atoms with Crippen LogP contribution in [0.2, 0.25) is 0 Å². The highest BCUT2D eigenvalue weighted by Crippen LogP contribution is 2.21. The highest BCUT2D eigenvalue weighted by atomic mass is 19.1. The largest absolute Gasteiger partial charge is 0.492 e. The van der Waals surface area contributed by atoms with Crippen molar-refractivity contribution >= 4 is 11.6 Å². The van der Waals surface area contributed by atoms with Gasteiger partial charge < -0.3 is 10.4 Å². The number of hydrogen-bond donors (Lipinski definition) is 2. The molecule has 0 aliphatic carbocycles. The highest BCUT2D eigenvalue weighted by Gasteiger charge is 2.05. The maximum absolute atomic E-state index is 12.1. The number of amides is 1. The molecular weight excluding hydrogens is 175 g/mol. The second kappa shape index (κ2) is 3.84. The number of pyridine rings is 1. The summed E-state index contributed by atoms with van der Waals surface area (Å²) in [5, 5.41) is 11.5. The average Bonchev–Trinajstić information content (AvgIpc) is 2.08. The molecule has 2 N–H and O–H groups in total. The first-order chi connectivity index (χ1) is 6.13. The number of alkyl halides is 1. The Morgan fingerprint density at radius 2 is 2.46 bits per heavy atom. The molecule has 0 atom stereocenters. The quantitative estimate of drug-likeness (QED) is 0.726. The maximum Gasteiger partial charge on any atom is 0.235 e. The summed E-state index contributed by atoms with van der Waals surface area (Å²) in [5.74, 6) is -0.652. The lowest BCUT2D eigenvalue weighted by atomic mass is 10.3. The Morgan fingerprint density at radius 1 is 1.77 bits per heavy atom. The molecule has 0 unspecified atom stereocenters. The van der Waals surface area contributed by atoms with E-state index in [0.717, 1.165) is 0 Å². The molecule has 13 heavy (non-hydrogen) atoms. The number of aromatic hydroxyl groups is 1. The highest BCUT2D eigenvalue weighted by molar-refractivity contribution is 5.89. The van der Waals surface area contributed by atoms with Gasteiger partial charge >= 0.3 is 0 Å². The van der Waals surface area contributed by atoms with Crippen LogP contribution in [-0.4, -0.2) is 16.0 Å². The molecule has 0 aromatic carbocycles. The minimum Gasteiger partial charge on any atom is -0.492 e. The van der Waals surface area contributed by atoms with Crippen molar-refractivity contribution in [2.45, 2.75) is 13.6 Å². The SMILES string of the molecule is CC(=O)Nc1cc(CF)cnc1O. The molecule has 0 aliphatic heterocycles. The molecule has 1 heterocycles. The normalized spacial score (nSPS) is 9.69. The number of nitrogens with zero attached hydrogens (tertiary/aromatic N) is 1. The van der Waals surface area contributed by atoms with Crippen molar-refractivity contribution in [3.05, 3.63) is 17.8 Å². The molecular formula is C8H9FN2O2. The second-order valence-electron chi connectivity index (χ2n) is 2.53. The van der Waals surface area contributed by atoms with Gasteiger partial charge in [0.25, 0.3) is 0 Å². The van der Waals surface area contributed by atoms with Crippen LogP contribution in [0.15, 0.2) is 12.3 Å². The first-order valence-electron chi connectivity index (χ1n) is 3.65. The third-order valence-corrected chi connectivity index (χ3v) is 1.39. The van der Waals surface area contributed by atoms with E-state index in [9.17, 15) is 9.18 Å². The van der Waals surface area contributed by atoms with Gasteiger partial charge in [0.05, 0.1) is 0 Å². The summed E-state index contributed by atoms with van der Waals surface area (Å²) in [7, 11) is 0. The fourth-order valence-electron chi connectivity index (χ4n) is 0.856. The van der Waals surface area contributed by atoms with Crippen molar-refractivity contribution in [2.75, 3.05) is 5.32 Å². The topological polar surface area (TPSA) is 62.2 Å². The van der Waals surface area contributed by atoms with Gasteiger partial charge in [0.1, 0.15) is 12.4 Å². The van der Waals surface area contributed by atoms with Gasteiger partial charge in [-0.05, 0) is 6.07 Å². The number of hydrogen-bond acceptors (Lipinski definition) is 3. The monoisotopic (exact) mass is 184 g/mol. The van der Waals surface area contributed by atoms with Gasteiger partial charge in [0, 0.05) is 18.7 Å². The molecule has 0 radical (unpaired) electrons. The molecule has 0 saturated carbocycles. The molecule has 1 aromatic rings. The van der Waals surface area contributed by atoms with Gasteiger partial charge in [0.2, 0.25) is 11.8 Å². The lowest BCUT2D eigenvalue weighted by molar-refractivity contribution is -0.114. The third-order valence-electron chi connectivity index (χ3n) is 1.39. The number of carbonyl (C=O) groups is 1. The fraction of sp³-hybridized carbons (Fsp3) is 0.250. The molecule has 1 rings (SSSR count). The second-order valence-corrected chi connectivity index (χ2v) is 2.53. The van der Waals surface area contributed by atoms with Crippen LogP contribution in [0.1, 0.15) is 12.5 Å². The molecule has 1 aromatic heterocycles. The summed E-state index contributed by atoms with van der Waals surface area (Å²) in [6.07, 6.45) is 1.21. The van der Waals surface area contributed by atoms with Gasteiger partial charge in [-0.2, -0.15) is 0 Å². The van der Waals surface area contributed by atoms with E-state index in [1.54, 1.807) is 0 Å². The Hall–Kier alpha value is -1.65. The van der Waals surface area contributed by atoms with Crippen LogP contribution in [0.5, 0.6) is 5.88 Å². The summed E-state index contributed by atoms with van der Waals surface area (Å²) in [5.41, 5.74) is 0.434. The predicted molar refractivity (Wildman–Crippen MR) is 45.0 cm³/mol. The Bertz CT molecular complexity index is 328. The zero-order valence-electron chi connectivity index (χ0n) is 7.04. The Balaban J connectivity index is 2.96. The molecule has 0 spiro atoms. The number of nitrogens with one attached hydrogen (secondary N) is 1. The van der Waals surface area contributed by atoms with Crippen molar-refractivity contribution in [3.63, 3.8) is 0 Å². The van der Waals surface area contributed by atoms with Crippen molar-refractivity contribution < 1.29 is 14.3 Å². The van der Waals surface area contributed by atoms with Crippen LogP contribution < -0.4 is 5.32 Å². The summed E-state index contributed by atoms with van der Waals surface area (Å²) < 4.78 is 12.1. The molecule has 1 amide bonds. The van der Waals surface area contributed by atoms with Crippen LogP contribution in [-0.2, 0) is 11.5 Å². The van der Waals surface area contributed by atoms with Crippen LogP contribution >= 0.6 is 0 Å². The van der Waals surface area contributed by atoms with Crippen LogP contribution in [0.3, 0.4) is 0 Å². The molecule has 0 fully saturated rings. The van der Waals surface area contributed by atoms with Gasteiger partial charge in [-0.3, -0.25) is 4.79 Å². The number of aromatic nitrogens is 1. The lowest BCUT2D eigenvalue weighted by Gasteiger charge is -2.04. The summed E-state index contributed by atoms with van der Waals surface area (Å²) in [6, 6.07) is 1.34. The number of carbonyl (C=O) groups excluding carboxylic acids is 1. The van der Waals surface area contributed by atoms with E-state index < -0.39 is 6.67 Å². The van der Waals surface area contributed by atoms with E-state index in [-0.39, 0.29) is 17.5 Å². The van der Waals surface area contributed by atoms with Crippen molar-refractivity contribution in [1.82, 2.24) is 4.98 Å². The average molecular weight is 184 g/mol. The zero-order valence-corrected chi connectivity index (χ0v) is 7.04. The number of anilines is 1. The van der Waals surface area contributed by atoms with E-state index in [0.29, 0.717) is 5.56 Å². The zero-order chi connectivity index (χ0) is 9.84. The first kappa shape index (κ1) is 9.44. The molecule has 0 aliphatic rings. The number of halogens is 1. The maximum atomic E-state index is 12.1. The molecule has 0 saturated heterocycles. The lowest BCUT2D eigenvalue weighted by Crippen LogP contribution is -2.06. The Kier molecular flexibility index (Phi) is 2.79. The molecule has 4 nitrogen and oxygen atoms in total. The smallest absolute Gasteiger partial charge is 0.235 e. The van der Waals surface area contributed by atoms with E-state index in [2.05, 4.69) is 10.3 Å². The summed E-state index contributed by atoms with van der Waals surface area (Å²) in [4.78, 5) is 14.1. The van der Waals surface area contributed by atoms with Gasteiger partial charge in [-0.1, -0.05) is 0 Å². The van der Waals surface area contributed by atoms with Crippen LogP contribution in [0, 0.1) is 0 Å². The van der Waals surface area contributed by atoms with Gasteiger partial charge in [-0.15, -0.1) is 0 Å². The summed E-state index contributed by atoms with van der Waals surface area (Å²) in [6.45, 7) is 0.613. The van der Waals surface area contributed by atoms with E-state index in [1.165, 1.54) is 19.2 Å². The van der Waals surface area contributed by atoms with E-state index in [1.807, 2.05) is 0 Å². The van der Waals surface area contributed by atoms with Gasteiger partial charge in [0.15, 0.2) is 0 Å². The van der Waals surface area contributed by atoms with Crippen molar-refractivity contribution in [2.24, 2.45) is 0 Å². The fourth-order valence-corrected chi connectivity index (χ4v) is 0.856. The van der Waals surface area contributed by atoms with Crippen LogP contribution in [0.25, 0.3) is 0 Å². The van der Waals surface area contributed by atoms with Crippen LogP contribution in [0.4, 0.5) is 10.1 Å². The predicted octanol–water partition coefficient (Wildman–Crippen LogP) is 1.22. The third kappa shape index (κ3) is 2.40. The van der Waals surface area contributed by atoms with Crippen molar-refractivity contribution in [3.8, 4) is 5.88 Å². The molecule has 0 bridgehead atoms. The Morgan fingerprint density at radius 3 is 3.00 bits per heavy atom. The van der Waals surface area contributed by atoms with E-state index in [4.69, 9.17) is 5.11 Å². The minimum absolute atomic E-state index is 0.127. The summed E-state index contributed by atoms with van der Waals surface area (Å²) >= 11 is 0. The minimum atomic E-state index is -0.681. The molecule has 5 heteroatoms. The van der Waals surface area contributed by atoms with E-state index >= 15 is 0 Å². The molecule has 70 valence electrons. The first-order valence-corrected chi connectivity index (χ1v) is 3.65. The van der Waals surface area contributed by atoms with Gasteiger partial charge in [-0.25, -0.2) is 9.37 Å².